The van der Waals surface area contributed by atoms with Crippen LogP contribution in [0.5, 0.6) is 0 Å². The number of benzene rings is 2. The van der Waals surface area contributed by atoms with E-state index < -0.39 is 10.0 Å². The number of amides is 1. The van der Waals surface area contributed by atoms with Crippen molar-refractivity contribution in [3.05, 3.63) is 59.2 Å². The fraction of sp³-hybridized carbons (Fsp3) is 0.364. The van der Waals surface area contributed by atoms with Crippen LogP contribution in [0, 0.1) is 5.82 Å². The van der Waals surface area contributed by atoms with E-state index in [0.717, 1.165) is 23.3 Å². The molecule has 1 unspecified atom stereocenters. The van der Waals surface area contributed by atoms with Crippen LogP contribution >= 0.6 is 0 Å². The SMILES string of the molecule is CCCn1c(CCC(=O)NC2CCc3c(F)cccc32)nc2cc(S(N)(=O)=O)ccc21. The average Bonchev–Trinajstić information content (AvgIpc) is 3.28. The van der Waals surface area contributed by atoms with Crippen molar-refractivity contribution in [2.75, 3.05) is 0 Å². The largest absolute Gasteiger partial charge is 0.349 e. The van der Waals surface area contributed by atoms with Crippen LogP contribution < -0.4 is 10.5 Å². The third kappa shape index (κ3) is 4.33. The van der Waals surface area contributed by atoms with Gasteiger partial charge in [-0.3, -0.25) is 4.79 Å². The molecule has 2 aromatic carbocycles. The Balaban J connectivity index is 1.50. The van der Waals surface area contributed by atoms with E-state index in [2.05, 4.69) is 10.3 Å². The summed E-state index contributed by atoms with van der Waals surface area (Å²) in [6.07, 6.45) is 2.81. The first-order valence-corrected chi connectivity index (χ1v) is 11.9. The fourth-order valence-corrected chi connectivity index (χ4v) is 4.79. The Morgan fingerprint density at radius 2 is 2.13 bits per heavy atom. The summed E-state index contributed by atoms with van der Waals surface area (Å²) in [6, 6.07) is 9.43. The molecule has 1 atom stereocenters. The Morgan fingerprint density at radius 3 is 2.87 bits per heavy atom. The van der Waals surface area contributed by atoms with E-state index >= 15 is 0 Å². The number of imidazole rings is 1. The molecule has 1 heterocycles. The number of rotatable bonds is 7. The monoisotopic (exact) mass is 444 g/mol. The molecule has 1 aliphatic rings. The number of primary sulfonamides is 1. The highest BCUT2D eigenvalue weighted by atomic mass is 32.2. The van der Waals surface area contributed by atoms with Gasteiger partial charge in [-0.05, 0) is 54.7 Å². The van der Waals surface area contributed by atoms with Crippen molar-refractivity contribution in [2.24, 2.45) is 5.14 Å². The molecule has 0 fully saturated rings. The van der Waals surface area contributed by atoms with Gasteiger partial charge in [-0.25, -0.2) is 22.9 Å². The molecule has 31 heavy (non-hydrogen) atoms. The molecule has 3 aromatic rings. The van der Waals surface area contributed by atoms with Gasteiger partial charge in [0.05, 0.1) is 22.0 Å². The molecule has 4 rings (SSSR count). The summed E-state index contributed by atoms with van der Waals surface area (Å²) in [7, 11) is -3.82. The summed E-state index contributed by atoms with van der Waals surface area (Å²) < 4.78 is 39.2. The molecule has 0 saturated carbocycles. The Morgan fingerprint density at radius 1 is 1.32 bits per heavy atom. The number of nitrogens with one attached hydrogen (secondary N) is 1. The van der Waals surface area contributed by atoms with Crippen LogP contribution in [0.3, 0.4) is 0 Å². The van der Waals surface area contributed by atoms with Gasteiger partial charge in [-0.15, -0.1) is 0 Å². The van der Waals surface area contributed by atoms with E-state index in [-0.39, 0.29) is 29.1 Å². The first-order valence-electron chi connectivity index (χ1n) is 10.4. The predicted molar refractivity (Wildman–Crippen MR) is 115 cm³/mol. The molecule has 1 aliphatic carbocycles. The number of carbonyl (C=O) groups excluding carboxylic acids is 1. The van der Waals surface area contributed by atoms with E-state index in [1.54, 1.807) is 12.1 Å². The fourth-order valence-electron chi connectivity index (χ4n) is 4.25. The highest BCUT2D eigenvalue weighted by molar-refractivity contribution is 7.89. The van der Waals surface area contributed by atoms with Gasteiger partial charge in [-0.1, -0.05) is 19.1 Å². The number of hydrogen-bond donors (Lipinski definition) is 2. The lowest BCUT2D eigenvalue weighted by Gasteiger charge is -2.14. The lowest BCUT2D eigenvalue weighted by atomic mass is 10.1. The molecular formula is C22H25FN4O3S. The molecule has 0 spiro atoms. The van der Waals surface area contributed by atoms with Crippen molar-refractivity contribution in [3.8, 4) is 0 Å². The third-order valence-electron chi connectivity index (χ3n) is 5.70. The molecule has 3 N–H and O–H groups in total. The Kier molecular flexibility index (Phi) is 5.81. The van der Waals surface area contributed by atoms with Crippen LogP contribution in [0.4, 0.5) is 4.39 Å². The van der Waals surface area contributed by atoms with Crippen molar-refractivity contribution in [1.29, 1.82) is 0 Å². The lowest BCUT2D eigenvalue weighted by molar-refractivity contribution is -0.121. The maximum absolute atomic E-state index is 13.9. The molecule has 0 radical (unpaired) electrons. The zero-order chi connectivity index (χ0) is 22.2. The summed E-state index contributed by atoms with van der Waals surface area (Å²) >= 11 is 0. The molecule has 0 saturated heterocycles. The minimum atomic E-state index is -3.82. The second-order valence-electron chi connectivity index (χ2n) is 7.84. The van der Waals surface area contributed by atoms with E-state index in [1.165, 1.54) is 18.2 Å². The Bertz CT molecular complexity index is 1250. The van der Waals surface area contributed by atoms with Crippen LogP contribution in [-0.2, 0) is 34.2 Å². The van der Waals surface area contributed by atoms with Crippen molar-refractivity contribution >= 4 is 27.0 Å². The van der Waals surface area contributed by atoms with Gasteiger partial charge in [0.15, 0.2) is 0 Å². The van der Waals surface area contributed by atoms with Gasteiger partial charge in [0.25, 0.3) is 0 Å². The number of aromatic nitrogens is 2. The zero-order valence-corrected chi connectivity index (χ0v) is 18.1. The number of halogens is 1. The molecule has 7 nitrogen and oxygen atoms in total. The highest BCUT2D eigenvalue weighted by Gasteiger charge is 2.26. The number of sulfonamides is 1. The third-order valence-corrected chi connectivity index (χ3v) is 6.61. The summed E-state index contributed by atoms with van der Waals surface area (Å²) in [5.74, 6) is 0.375. The number of carbonyl (C=O) groups is 1. The standard InChI is InChI=1S/C22H25FN4O3S/c1-2-12-27-20-9-6-14(31(24,29)30)13-19(20)25-21(27)10-11-22(28)26-18-8-7-15-16(18)4-3-5-17(15)23/h3-6,9,13,18H,2,7-8,10-12H2,1H3,(H,26,28)(H2,24,29,30). The van der Waals surface area contributed by atoms with E-state index in [1.807, 2.05) is 17.6 Å². The molecule has 1 aromatic heterocycles. The Labute approximate surface area is 180 Å². The van der Waals surface area contributed by atoms with Crippen LogP contribution in [-0.4, -0.2) is 23.9 Å². The van der Waals surface area contributed by atoms with Crippen molar-refractivity contribution in [1.82, 2.24) is 14.9 Å². The Hall–Kier alpha value is -2.78. The predicted octanol–water partition coefficient (Wildman–Crippen LogP) is 2.97. The number of aryl methyl sites for hydroxylation is 2. The quantitative estimate of drug-likeness (QED) is 0.584. The van der Waals surface area contributed by atoms with Gasteiger partial charge >= 0.3 is 0 Å². The topological polar surface area (TPSA) is 107 Å². The van der Waals surface area contributed by atoms with Gasteiger partial charge in [0.1, 0.15) is 11.6 Å². The molecule has 1 amide bonds. The van der Waals surface area contributed by atoms with Crippen LogP contribution in [0.15, 0.2) is 41.3 Å². The molecule has 164 valence electrons. The summed E-state index contributed by atoms with van der Waals surface area (Å²) in [6.45, 7) is 2.75. The number of nitrogens with zero attached hydrogens (tertiary/aromatic N) is 2. The van der Waals surface area contributed by atoms with Crippen molar-refractivity contribution in [3.63, 3.8) is 0 Å². The van der Waals surface area contributed by atoms with Gasteiger partial charge < -0.3 is 9.88 Å². The van der Waals surface area contributed by atoms with Crippen molar-refractivity contribution < 1.29 is 17.6 Å². The smallest absolute Gasteiger partial charge is 0.238 e. The second kappa shape index (κ2) is 8.39. The molecule has 0 bridgehead atoms. The maximum Gasteiger partial charge on any atom is 0.238 e. The minimum Gasteiger partial charge on any atom is -0.349 e. The number of nitrogens with two attached hydrogens (primary N) is 1. The number of hydrogen-bond acceptors (Lipinski definition) is 4. The molecule has 0 aliphatic heterocycles. The molecule has 9 heteroatoms. The van der Waals surface area contributed by atoms with Crippen LogP contribution in [0.1, 0.15) is 49.2 Å². The van der Waals surface area contributed by atoms with E-state index in [4.69, 9.17) is 5.14 Å². The van der Waals surface area contributed by atoms with Gasteiger partial charge in [0.2, 0.25) is 15.9 Å². The van der Waals surface area contributed by atoms with Gasteiger partial charge in [0, 0.05) is 19.4 Å². The lowest BCUT2D eigenvalue weighted by Crippen LogP contribution is -2.27. The van der Waals surface area contributed by atoms with E-state index in [9.17, 15) is 17.6 Å². The van der Waals surface area contributed by atoms with Crippen LogP contribution in [0.25, 0.3) is 11.0 Å². The summed E-state index contributed by atoms with van der Waals surface area (Å²) in [5.41, 5.74) is 2.88. The average molecular weight is 445 g/mol. The second-order valence-corrected chi connectivity index (χ2v) is 9.40. The van der Waals surface area contributed by atoms with Crippen LogP contribution in [0.2, 0.25) is 0 Å². The highest BCUT2D eigenvalue weighted by Crippen LogP contribution is 2.32. The molecular weight excluding hydrogens is 419 g/mol. The zero-order valence-electron chi connectivity index (χ0n) is 17.3. The van der Waals surface area contributed by atoms with Gasteiger partial charge in [-0.2, -0.15) is 0 Å². The van der Waals surface area contributed by atoms with E-state index in [0.29, 0.717) is 36.9 Å². The summed E-state index contributed by atoms with van der Waals surface area (Å²) in [4.78, 5) is 17.2. The first-order chi connectivity index (χ1) is 14.8. The summed E-state index contributed by atoms with van der Waals surface area (Å²) in [5, 5.41) is 8.24. The normalized spacial score (nSPS) is 15.9. The maximum atomic E-state index is 13.9. The minimum absolute atomic E-state index is 0.0116. The number of fused-ring (bicyclic) bond motifs is 2. The van der Waals surface area contributed by atoms with Crippen molar-refractivity contribution in [2.45, 2.75) is 56.5 Å². The first kappa shape index (κ1) is 21.5.